The molecule has 1 fully saturated rings. The molecule has 1 aliphatic rings. The molecule has 1 amide bonds. The van der Waals surface area contributed by atoms with Gasteiger partial charge in [0.05, 0.1) is 0 Å². The lowest BCUT2D eigenvalue weighted by molar-refractivity contribution is 0.0952. The number of carbonyl (C=O) groups is 1. The maximum Gasteiger partial charge on any atom is 0.251 e. The lowest BCUT2D eigenvalue weighted by Crippen LogP contribution is -2.26. The summed E-state index contributed by atoms with van der Waals surface area (Å²) < 4.78 is 1.89. The summed E-state index contributed by atoms with van der Waals surface area (Å²) in [5.41, 5.74) is 2.01. The van der Waals surface area contributed by atoms with Gasteiger partial charge in [-0.15, -0.1) is 0 Å². The van der Waals surface area contributed by atoms with E-state index in [1.165, 1.54) is 44.3 Å². The van der Waals surface area contributed by atoms with Gasteiger partial charge in [0.2, 0.25) is 0 Å². The smallest absolute Gasteiger partial charge is 0.251 e. The van der Waals surface area contributed by atoms with Crippen LogP contribution in [-0.2, 0) is 13.1 Å². The Morgan fingerprint density at radius 2 is 1.78 bits per heavy atom. The first kappa shape index (κ1) is 19.5. The highest BCUT2D eigenvalue weighted by atomic mass is 16.1. The molecule has 3 rings (SSSR count). The molecule has 1 saturated heterocycles. The van der Waals surface area contributed by atoms with Crippen LogP contribution in [0.5, 0.6) is 0 Å². The molecule has 146 valence electrons. The molecule has 1 aromatic carbocycles. The second kappa shape index (κ2) is 9.65. The molecular formula is C21H31N5O. The SMILES string of the molecule is Cc1nc(C)n(CCCNC(=O)c2ccc(CN3CCCCCC3)cc2)n1. The highest BCUT2D eigenvalue weighted by Crippen LogP contribution is 2.14. The van der Waals surface area contributed by atoms with Crippen LogP contribution in [0.4, 0.5) is 0 Å². The van der Waals surface area contributed by atoms with Gasteiger partial charge in [-0.2, -0.15) is 5.10 Å². The third kappa shape index (κ3) is 5.89. The molecule has 6 nitrogen and oxygen atoms in total. The Kier molecular flexibility index (Phi) is 6.98. The summed E-state index contributed by atoms with van der Waals surface area (Å²) in [6.45, 7) is 8.60. The molecule has 0 radical (unpaired) electrons. The Hall–Kier alpha value is -2.21. The van der Waals surface area contributed by atoms with Crippen LogP contribution in [0.1, 0.15) is 59.7 Å². The van der Waals surface area contributed by atoms with Crippen LogP contribution < -0.4 is 5.32 Å². The zero-order chi connectivity index (χ0) is 19.1. The van der Waals surface area contributed by atoms with Crippen molar-refractivity contribution < 1.29 is 4.79 Å². The van der Waals surface area contributed by atoms with E-state index >= 15 is 0 Å². The second-order valence-electron chi connectivity index (χ2n) is 7.43. The van der Waals surface area contributed by atoms with Crippen molar-refractivity contribution in [1.82, 2.24) is 25.0 Å². The summed E-state index contributed by atoms with van der Waals surface area (Å²) in [6.07, 6.45) is 6.14. The standard InChI is InChI=1S/C21H31N5O/c1-17-23-18(2)26(24-17)15-7-12-22-21(27)20-10-8-19(9-11-20)16-25-13-5-3-4-6-14-25/h8-11H,3-7,12-16H2,1-2H3,(H,22,27). The van der Waals surface area contributed by atoms with Crippen molar-refractivity contribution in [3.05, 3.63) is 47.0 Å². The Balaban J connectivity index is 1.42. The summed E-state index contributed by atoms with van der Waals surface area (Å²) in [6, 6.07) is 8.05. The normalized spacial score (nSPS) is 15.5. The van der Waals surface area contributed by atoms with Crippen molar-refractivity contribution in [2.24, 2.45) is 0 Å². The quantitative estimate of drug-likeness (QED) is 0.762. The molecule has 27 heavy (non-hydrogen) atoms. The van der Waals surface area contributed by atoms with Crippen molar-refractivity contribution in [2.45, 2.75) is 59.0 Å². The Labute approximate surface area is 162 Å². The molecule has 1 aromatic heterocycles. The number of rotatable bonds is 7. The zero-order valence-corrected chi connectivity index (χ0v) is 16.6. The molecule has 6 heteroatoms. The average molecular weight is 370 g/mol. The van der Waals surface area contributed by atoms with Crippen LogP contribution in [0, 0.1) is 13.8 Å². The van der Waals surface area contributed by atoms with E-state index in [9.17, 15) is 4.79 Å². The fourth-order valence-electron chi connectivity index (χ4n) is 3.62. The zero-order valence-electron chi connectivity index (χ0n) is 16.6. The van der Waals surface area contributed by atoms with Gasteiger partial charge < -0.3 is 5.32 Å². The molecule has 0 spiro atoms. The minimum atomic E-state index is -0.0113. The van der Waals surface area contributed by atoms with Crippen LogP contribution in [0.2, 0.25) is 0 Å². The van der Waals surface area contributed by atoms with Crippen molar-refractivity contribution >= 4 is 5.91 Å². The first-order valence-electron chi connectivity index (χ1n) is 10.1. The molecule has 0 bridgehead atoms. The summed E-state index contributed by atoms with van der Waals surface area (Å²) in [4.78, 5) is 19.1. The number of benzene rings is 1. The maximum atomic E-state index is 12.3. The minimum Gasteiger partial charge on any atom is -0.352 e. The van der Waals surface area contributed by atoms with E-state index in [2.05, 4.69) is 32.4 Å². The lowest BCUT2D eigenvalue weighted by Gasteiger charge is -2.19. The number of hydrogen-bond acceptors (Lipinski definition) is 4. The summed E-state index contributed by atoms with van der Waals surface area (Å²) >= 11 is 0. The van der Waals surface area contributed by atoms with Crippen LogP contribution in [0.25, 0.3) is 0 Å². The maximum absolute atomic E-state index is 12.3. The molecule has 0 unspecified atom stereocenters. The van der Waals surface area contributed by atoms with Crippen molar-refractivity contribution in [3.63, 3.8) is 0 Å². The van der Waals surface area contributed by atoms with Gasteiger partial charge >= 0.3 is 0 Å². The Morgan fingerprint density at radius 3 is 2.41 bits per heavy atom. The molecule has 0 saturated carbocycles. The molecule has 0 atom stereocenters. The van der Waals surface area contributed by atoms with Gasteiger partial charge in [-0.25, -0.2) is 4.98 Å². The minimum absolute atomic E-state index is 0.0113. The lowest BCUT2D eigenvalue weighted by atomic mass is 10.1. The largest absolute Gasteiger partial charge is 0.352 e. The summed E-state index contributed by atoms with van der Waals surface area (Å²) in [5, 5.41) is 7.33. The van der Waals surface area contributed by atoms with Gasteiger partial charge in [0, 0.05) is 25.2 Å². The molecular weight excluding hydrogens is 338 g/mol. The van der Waals surface area contributed by atoms with Crippen LogP contribution in [0.15, 0.2) is 24.3 Å². The van der Waals surface area contributed by atoms with Crippen molar-refractivity contribution in [3.8, 4) is 0 Å². The third-order valence-electron chi connectivity index (χ3n) is 5.12. The van der Waals surface area contributed by atoms with Gasteiger partial charge in [0.25, 0.3) is 5.91 Å². The van der Waals surface area contributed by atoms with E-state index in [0.29, 0.717) is 6.54 Å². The van der Waals surface area contributed by atoms with E-state index in [1.54, 1.807) is 0 Å². The molecule has 1 N–H and O–H groups in total. The van der Waals surface area contributed by atoms with Gasteiger partial charge in [-0.05, 0) is 63.9 Å². The fourth-order valence-corrected chi connectivity index (χ4v) is 3.62. The highest BCUT2D eigenvalue weighted by Gasteiger charge is 2.10. The number of likely N-dealkylation sites (tertiary alicyclic amines) is 1. The van der Waals surface area contributed by atoms with Crippen LogP contribution in [-0.4, -0.2) is 45.2 Å². The van der Waals surface area contributed by atoms with Crippen LogP contribution in [0.3, 0.4) is 0 Å². The number of hydrogen-bond donors (Lipinski definition) is 1. The second-order valence-corrected chi connectivity index (χ2v) is 7.43. The first-order valence-corrected chi connectivity index (χ1v) is 10.1. The van der Waals surface area contributed by atoms with E-state index in [1.807, 2.05) is 30.7 Å². The molecule has 0 aliphatic carbocycles. The predicted octanol–water partition coefficient (Wildman–Crippen LogP) is 3.09. The molecule has 2 heterocycles. The monoisotopic (exact) mass is 369 g/mol. The number of carbonyl (C=O) groups excluding carboxylic acids is 1. The highest BCUT2D eigenvalue weighted by molar-refractivity contribution is 5.94. The van der Waals surface area contributed by atoms with Gasteiger partial charge in [0.1, 0.15) is 11.6 Å². The third-order valence-corrected chi connectivity index (χ3v) is 5.12. The van der Waals surface area contributed by atoms with Crippen molar-refractivity contribution in [1.29, 1.82) is 0 Å². The number of amides is 1. The summed E-state index contributed by atoms with van der Waals surface area (Å²) in [7, 11) is 0. The van der Waals surface area contributed by atoms with E-state index in [4.69, 9.17) is 0 Å². The van der Waals surface area contributed by atoms with Gasteiger partial charge in [-0.3, -0.25) is 14.4 Å². The van der Waals surface area contributed by atoms with E-state index < -0.39 is 0 Å². The Morgan fingerprint density at radius 1 is 1.07 bits per heavy atom. The summed E-state index contributed by atoms with van der Waals surface area (Å²) in [5.74, 6) is 1.69. The molecule has 2 aromatic rings. The number of aryl methyl sites for hydroxylation is 3. The Bertz CT molecular complexity index is 730. The first-order chi connectivity index (χ1) is 13.1. The predicted molar refractivity (Wildman–Crippen MR) is 107 cm³/mol. The van der Waals surface area contributed by atoms with E-state index in [-0.39, 0.29) is 5.91 Å². The molecule has 1 aliphatic heterocycles. The number of nitrogens with zero attached hydrogens (tertiary/aromatic N) is 4. The van der Waals surface area contributed by atoms with Crippen molar-refractivity contribution in [2.75, 3.05) is 19.6 Å². The topological polar surface area (TPSA) is 63.1 Å². The number of aromatic nitrogens is 3. The van der Waals surface area contributed by atoms with E-state index in [0.717, 1.165) is 36.7 Å². The number of nitrogens with one attached hydrogen (secondary N) is 1. The van der Waals surface area contributed by atoms with Gasteiger partial charge in [-0.1, -0.05) is 25.0 Å². The van der Waals surface area contributed by atoms with Gasteiger partial charge in [0.15, 0.2) is 0 Å². The van der Waals surface area contributed by atoms with Crippen LogP contribution >= 0.6 is 0 Å². The fraction of sp³-hybridized carbons (Fsp3) is 0.571. The average Bonchev–Trinajstić information content (AvgIpc) is 2.84.